The highest BCUT2D eigenvalue weighted by atomic mass is 35.5. The van der Waals surface area contributed by atoms with Crippen LogP contribution in [0.15, 0.2) is 0 Å². The van der Waals surface area contributed by atoms with Gasteiger partial charge in [-0.2, -0.15) is 5.26 Å². The Hall–Kier alpha value is -0.220. The molecule has 0 aromatic carbocycles. The third kappa shape index (κ3) is 19.7. The number of nitriles is 1. The van der Waals surface area contributed by atoms with Crippen molar-refractivity contribution in [1.82, 2.24) is 0 Å². The summed E-state index contributed by atoms with van der Waals surface area (Å²) < 4.78 is 0. The van der Waals surface area contributed by atoms with Crippen LogP contribution < -0.4 is 0 Å². The monoisotopic (exact) mass is 91.0 g/mol. The molecular weight excluding hydrogens is 85.5 g/mol. The van der Waals surface area contributed by atoms with Crippen molar-refractivity contribution in [3.8, 4) is 6.07 Å². The van der Waals surface area contributed by atoms with Gasteiger partial charge in [0.1, 0.15) is 0 Å². The van der Waals surface area contributed by atoms with E-state index in [1.54, 1.807) is 0 Å². The van der Waals surface area contributed by atoms with E-state index in [9.17, 15) is 0 Å². The van der Waals surface area contributed by atoms with Crippen LogP contribution in [0.3, 0.4) is 0 Å². The van der Waals surface area contributed by atoms with Gasteiger partial charge in [-0.05, 0) is 0 Å². The van der Waals surface area contributed by atoms with Crippen LogP contribution in [0.25, 0.3) is 0 Å². The van der Waals surface area contributed by atoms with Gasteiger partial charge in [-0.1, -0.05) is 6.92 Å². The molecule has 1 nitrogen and oxygen atoms in total. The maximum absolute atomic E-state index is 7.62. The van der Waals surface area contributed by atoms with E-state index in [1.165, 1.54) is 0 Å². The highest BCUT2D eigenvalue weighted by molar-refractivity contribution is 5.85. The normalized spacial score (nSPS) is 4.00. The Balaban J connectivity index is 0. The van der Waals surface area contributed by atoms with Gasteiger partial charge < -0.3 is 0 Å². The summed E-state index contributed by atoms with van der Waals surface area (Å²) in [7, 11) is 0. The zero-order chi connectivity index (χ0) is 3.41. The summed E-state index contributed by atoms with van der Waals surface area (Å²) >= 11 is 0. The second-order valence-electron chi connectivity index (χ2n) is 0.512. The van der Waals surface area contributed by atoms with Gasteiger partial charge in [-0.15, -0.1) is 12.4 Å². The summed E-state index contributed by atoms with van der Waals surface area (Å²) in [5.41, 5.74) is 0. The molecule has 0 aliphatic carbocycles. The average molecular weight is 91.5 g/mol. The smallest absolute Gasteiger partial charge is 0.0618 e. The lowest BCUT2D eigenvalue weighted by Gasteiger charge is -1.47. The maximum atomic E-state index is 7.62. The van der Waals surface area contributed by atoms with Gasteiger partial charge in [0.15, 0.2) is 0 Å². The van der Waals surface area contributed by atoms with E-state index >= 15 is 0 Å². The molecule has 30 valence electrons. The Morgan fingerprint density at radius 2 is 2.00 bits per heavy atom. The Morgan fingerprint density at radius 3 is 2.00 bits per heavy atom. The minimum atomic E-state index is 0. The van der Waals surface area contributed by atoms with Crippen molar-refractivity contribution in [2.75, 3.05) is 0 Å². The molecule has 0 fully saturated rings. The fraction of sp³-hybridized carbons (Fsp3) is 0.667. The van der Waals surface area contributed by atoms with Crippen LogP contribution in [0.5, 0.6) is 0 Å². The second-order valence-corrected chi connectivity index (χ2v) is 0.512. The molecule has 0 bridgehead atoms. The SMILES string of the molecule is CCC#N.Cl. The maximum Gasteiger partial charge on any atom is 0.0618 e. The highest BCUT2D eigenvalue weighted by Gasteiger charge is 1.49. The van der Waals surface area contributed by atoms with Gasteiger partial charge in [0.25, 0.3) is 0 Å². The molecule has 0 aromatic heterocycles. The molecule has 0 aromatic rings. The van der Waals surface area contributed by atoms with Gasteiger partial charge in [0.2, 0.25) is 0 Å². The quantitative estimate of drug-likeness (QED) is 0.441. The molecule has 2 heteroatoms. The summed E-state index contributed by atoms with van der Waals surface area (Å²) in [6.07, 6.45) is 0.625. The lowest BCUT2D eigenvalue weighted by molar-refractivity contribution is 1.22. The summed E-state index contributed by atoms with van der Waals surface area (Å²) in [6.45, 7) is 1.82. The Morgan fingerprint density at radius 1 is 1.80 bits per heavy atom. The first-order valence-corrected chi connectivity index (χ1v) is 1.28. The topological polar surface area (TPSA) is 23.8 Å². The van der Waals surface area contributed by atoms with Crippen LogP contribution in [-0.4, -0.2) is 0 Å². The molecule has 0 rings (SSSR count). The first-order valence-electron chi connectivity index (χ1n) is 1.28. The zero-order valence-electron chi connectivity index (χ0n) is 3.06. The lowest BCUT2D eigenvalue weighted by atomic mass is 10.6. The first kappa shape index (κ1) is 8.84. The first-order chi connectivity index (χ1) is 1.91. The van der Waals surface area contributed by atoms with Crippen LogP contribution in [0.2, 0.25) is 0 Å². The number of hydrogen-bond donors (Lipinski definition) is 0. The van der Waals surface area contributed by atoms with E-state index in [2.05, 4.69) is 0 Å². The number of halogens is 1. The summed E-state index contributed by atoms with van der Waals surface area (Å²) in [4.78, 5) is 0. The molecule has 0 aliphatic heterocycles. The molecule has 0 amide bonds. The molecule has 0 saturated carbocycles. The molecule has 0 radical (unpaired) electrons. The Bertz CT molecular complexity index is 36.6. The van der Waals surface area contributed by atoms with Gasteiger partial charge in [0.05, 0.1) is 6.07 Å². The molecule has 0 atom stereocenters. The van der Waals surface area contributed by atoms with Gasteiger partial charge in [0, 0.05) is 6.42 Å². The summed E-state index contributed by atoms with van der Waals surface area (Å²) in [5.74, 6) is 0. The molecular formula is C3H6ClN. The van der Waals surface area contributed by atoms with Gasteiger partial charge >= 0.3 is 0 Å². The standard InChI is InChI=1S/C3H5N.ClH/c1-2-3-4;/h2H2,1H3;1H. The number of rotatable bonds is 0. The van der Waals surface area contributed by atoms with Gasteiger partial charge in [-0.3, -0.25) is 0 Å². The average Bonchev–Trinajstić information content (AvgIpc) is 1.37. The van der Waals surface area contributed by atoms with E-state index in [0.717, 1.165) is 0 Å². The fourth-order valence-electron chi connectivity index (χ4n) is 0. The van der Waals surface area contributed by atoms with Crippen LogP contribution >= 0.6 is 12.4 Å². The van der Waals surface area contributed by atoms with Crippen molar-refractivity contribution < 1.29 is 0 Å². The minimum Gasteiger partial charge on any atom is -0.198 e. The largest absolute Gasteiger partial charge is 0.198 e. The van der Waals surface area contributed by atoms with Crippen molar-refractivity contribution in [3.63, 3.8) is 0 Å². The third-order valence-electron chi connectivity index (χ3n) is 0.158. The van der Waals surface area contributed by atoms with Crippen molar-refractivity contribution >= 4 is 12.4 Å². The molecule has 0 spiro atoms. The van der Waals surface area contributed by atoms with E-state index in [0.29, 0.717) is 6.42 Å². The highest BCUT2D eigenvalue weighted by Crippen LogP contribution is 1.58. The van der Waals surface area contributed by atoms with Gasteiger partial charge in [-0.25, -0.2) is 0 Å². The van der Waals surface area contributed by atoms with Crippen LogP contribution in [0, 0.1) is 11.3 Å². The molecule has 0 N–H and O–H groups in total. The van der Waals surface area contributed by atoms with Crippen molar-refractivity contribution in [1.29, 1.82) is 5.26 Å². The molecule has 0 unspecified atom stereocenters. The van der Waals surface area contributed by atoms with Crippen LogP contribution in [-0.2, 0) is 0 Å². The molecule has 0 saturated heterocycles. The predicted octanol–water partition coefficient (Wildman–Crippen LogP) is 1.34. The summed E-state index contributed by atoms with van der Waals surface area (Å²) in [5, 5.41) is 7.62. The van der Waals surface area contributed by atoms with Crippen molar-refractivity contribution in [2.24, 2.45) is 0 Å². The van der Waals surface area contributed by atoms with E-state index < -0.39 is 0 Å². The minimum absolute atomic E-state index is 0. The Labute approximate surface area is 38.0 Å². The predicted molar refractivity (Wildman–Crippen MR) is 23.2 cm³/mol. The second kappa shape index (κ2) is 9.22. The lowest BCUT2D eigenvalue weighted by Crippen LogP contribution is -1.38. The van der Waals surface area contributed by atoms with E-state index in [1.807, 2.05) is 13.0 Å². The number of hydrogen-bond acceptors (Lipinski definition) is 1. The fourth-order valence-corrected chi connectivity index (χ4v) is 0. The Kier molecular flexibility index (Phi) is 16.3. The number of nitrogens with zero attached hydrogens (tertiary/aromatic N) is 1. The van der Waals surface area contributed by atoms with Crippen LogP contribution in [0.4, 0.5) is 0 Å². The summed E-state index contributed by atoms with van der Waals surface area (Å²) in [6, 6.07) is 1.93. The third-order valence-corrected chi connectivity index (χ3v) is 0.158. The van der Waals surface area contributed by atoms with Crippen molar-refractivity contribution in [2.45, 2.75) is 13.3 Å². The van der Waals surface area contributed by atoms with Crippen LogP contribution in [0.1, 0.15) is 13.3 Å². The van der Waals surface area contributed by atoms with Crippen molar-refractivity contribution in [3.05, 3.63) is 0 Å². The molecule has 0 aliphatic rings. The zero-order valence-corrected chi connectivity index (χ0v) is 3.88. The van der Waals surface area contributed by atoms with E-state index in [4.69, 9.17) is 5.26 Å². The molecule has 0 heterocycles. The van der Waals surface area contributed by atoms with E-state index in [-0.39, 0.29) is 12.4 Å². The molecule has 5 heavy (non-hydrogen) atoms.